The maximum Gasteiger partial charge on any atom is 0.310 e. The average Bonchev–Trinajstić information content (AvgIpc) is 2.13. The molecule has 1 rings (SSSR count). The van der Waals surface area contributed by atoms with E-state index < -0.39 is 28.0 Å². The predicted octanol–water partition coefficient (Wildman–Crippen LogP) is 2.76. The molecule has 0 spiro atoms. The zero-order chi connectivity index (χ0) is 12.5. The van der Waals surface area contributed by atoms with E-state index >= 15 is 0 Å². The van der Waals surface area contributed by atoms with Crippen molar-refractivity contribution < 1.29 is 14.1 Å². The van der Waals surface area contributed by atoms with Gasteiger partial charge in [-0.3, -0.25) is 14.9 Å². The molecule has 0 aromatic heterocycles. The summed E-state index contributed by atoms with van der Waals surface area (Å²) in [5, 5.41) is 12.9. The van der Waals surface area contributed by atoms with Crippen LogP contribution in [-0.2, 0) is 4.79 Å². The van der Waals surface area contributed by atoms with Gasteiger partial charge in [-0.2, -0.15) is 0 Å². The van der Waals surface area contributed by atoms with Gasteiger partial charge in [-0.25, -0.2) is 4.39 Å². The van der Waals surface area contributed by atoms with Gasteiger partial charge in [-0.15, -0.1) is 0 Å². The topological polar surface area (TPSA) is 72.2 Å². The van der Waals surface area contributed by atoms with Gasteiger partial charge in [-0.1, -0.05) is 0 Å². The number of amides is 1. The Balaban J connectivity index is 3.50. The van der Waals surface area contributed by atoms with E-state index in [1.807, 2.05) is 0 Å². The van der Waals surface area contributed by atoms with Crippen LogP contribution < -0.4 is 5.32 Å². The van der Waals surface area contributed by atoms with Gasteiger partial charge < -0.3 is 5.32 Å². The minimum atomic E-state index is -0.831. The van der Waals surface area contributed by atoms with Gasteiger partial charge >= 0.3 is 5.69 Å². The zero-order valence-corrected chi connectivity index (χ0v) is 10.1. The number of hydrogen-bond donors (Lipinski definition) is 1. The van der Waals surface area contributed by atoms with Crippen molar-refractivity contribution >= 4 is 33.2 Å². The third kappa shape index (κ3) is 2.35. The van der Waals surface area contributed by atoms with Crippen LogP contribution in [0.25, 0.3) is 0 Å². The first kappa shape index (κ1) is 12.6. The molecule has 0 heterocycles. The summed E-state index contributed by atoms with van der Waals surface area (Å²) in [5.41, 5.74) is -0.513. The number of rotatable bonds is 2. The molecule has 0 unspecified atom stereocenters. The molecule has 16 heavy (non-hydrogen) atoms. The summed E-state index contributed by atoms with van der Waals surface area (Å²) in [6.07, 6.45) is 0. The smallest absolute Gasteiger partial charge is 0.310 e. The molecule has 0 atom stereocenters. The van der Waals surface area contributed by atoms with Crippen molar-refractivity contribution in [2.75, 3.05) is 5.32 Å². The number of halogens is 2. The third-order valence-corrected chi connectivity index (χ3v) is 2.86. The molecule has 0 aliphatic carbocycles. The molecule has 1 amide bonds. The first-order valence-electron chi connectivity index (χ1n) is 4.25. The number of nitro benzene ring substituents is 1. The van der Waals surface area contributed by atoms with Gasteiger partial charge in [0.15, 0.2) is 11.5 Å². The molecular formula is C9H8BrFN2O3. The molecule has 0 aliphatic heterocycles. The van der Waals surface area contributed by atoms with E-state index in [4.69, 9.17) is 0 Å². The van der Waals surface area contributed by atoms with E-state index in [0.717, 1.165) is 13.0 Å². The highest BCUT2D eigenvalue weighted by Gasteiger charge is 2.25. The van der Waals surface area contributed by atoms with Gasteiger partial charge in [0.05, 0.1) is 4.92 Å². The number of anilines is 1. The van der Waals surface area contributed by atoms with Crippen LogP contribution in [-0.4, -0.2) is 10.8 Å². The lowest BCUT2D eigenvalue weighted by Gasteiger charge is -2.08. The Morgan fingerprint density at radius 3 is 2.62 bits per heavy atom. The fourth-order valence-corrected chi connectivity index (χ4v) is 1.66. The normalized spacial score (nSPS) is 10.0. The fourth-order valence-electron chi connectivity index (χ4n) is 1.20. The van der Waals surface area contributed by atoms with Gasteiger partial charge in [0.25, 0.3) is 0 Å². The number of aryl methyl sites for hydroxylation is 1. The number of benzene rings is 1. The molecular weight excluding hydrogens is 283 g/mol. The van der Waals surface area contributed by atoms with Crippen molar-refractivity contribution in [3.05, 3.63) is 32.0 Å². The van der Waals surface area contributed by atoms with Crippen LogP contribution in [0.5, 0.6) is 0 Å². The minimum Gasteiger partial charge on any atom is -0.318 e. The van der Waals surface area contributed by atoms with Crippen molar-refractivity contribution in [3.63, 3.8) is 0 Å². The molecule has 0 saturated carbocycles. The lowest BCUT2D eigenvalue weighted by molar-refractivity contribution is -0.384. The van der Waals surface area contributed by atoms with Crippen molar-refractivity contribution in [1.82, 2.24) is 0 Å². The van der Waals surface area contributed by atoms with E-state index in [-0.39, 0.29) is 4.47 Å². The highest BCUT2D eigenvalue weighted by molar-refractivity contribution is 9.10. The monoisotopic (exact) mass is 290 g/mol. The number of nitro groups is 1. The Kier molecular flexibility index (Phi) is 3.58. The summed E-state index contributed by atoms with van der Waals surface area (Å²) >= 11 is 3.00. The molecule has 0 aliphatic rings. The summed E-state index contributed by atoms with van der Waals surface area (Å²) in [6, 6.07) is 1.11. The highest BCUT2D eigenvalue weighted by Crippen LogP contribution is 2.37. The van der Waals surface area contributed by atoms with Gasteiger partial charge in [-0.05, 0) is 34.5 Å². The molecule has 0 fully saturated rings. The Morgan fingerprint density at radius 2 is 2.19 bits per heavy atom. The van der Waals surface area contributed by atoms with Crippen LogP contribution in [0.3, 0.4) is 0 Å². The largest absolute Gasteiger partial charge is 0.318 e. The van der Waals surface area contributed by atoms with Crippen LogP contribution >= 0.6 is 15.9 Å². The number of hydrogen-bond acceptors (Lipinski definition) is 3. The standard InChI is InChI=1S/C9H8BrFN2O3/c1-4-3-6(11)8(12-5(2)14)9(7(4)10)13(15)16/h3H,1-2H3,(H,12,14). The van der Waals surface area contributed by atoms with Crippen LogP contribution in [0.4, 0.5) is 15.8 Å². The fraction of sp³-hybridized carbons (Fsp3) is 0.222. The number of nitrogens with zero attached hydrogens (tertiary/aromatic N) is 1. The molecule has 86 valence electrons. The average molecular weight is 291 g/mol. The zero-order valence-electron chi connectivity index (χ0n) is 8.51. The predicted molar refractivity (Wildman–Crippen MR) is 59.8 cm³/mol. The van der Waals surface area contributed by atoms with E-state index in [9.17, 15) is 19.3 Å². The maximum absolute atomic E-state index is 13.5. The second-order valence-corrected chi connectivity index (χ2v) is 3.94. The maximum atomic E-state index is 13.5. The number of carbonyl (C=O) groups excluding carboxylic acids is 1. The van der Waals surface area contributed by atoms with Crippen molar-refractivity contribution in [3.8, 4) is 0 Å². The Morgan fingerprint density at radius 1 is 1.62 bits per heavy atom. The summed E-state index contributed by atoms with van der Waals surface area (Å²) in [7, 11) is 0. The van der Waals surface area contributed by atoms with E-state index in [1.165, 1.54) is 6.92 Å². The Hall–Kier alpha value is -1.50. The Bertz CT molecular complexity index is 476. The summed E-state index contributed by atoms with van der Waals surface area (Å²) in [5.74, 6) is -1.40. The number of nitrogens with one attached hydrogen (secondary N) is 1. The number of carbonyl (C=O) groups is 1. The van der Waals surface area contributed by atoms with E-state index in [0.29, 0.717) is 5.56 Å². The van der Waals surface area contributed by atoms with Crippen molar-refractivity contribution in [2.24, 2.45) is 0 Å². The third-order valence-electron chi connectivity index (χ3n) is 1.86. The lowest BCUT2D eigenvalue weighted by Crippen LogP contribution is -2.10. The van der Waals surface area contributed by atoms with Crippen LogP contribution in [0.15, 0.2) is 10.5 Å². The molecule has 5 nitrogen and oxygen atoms in total. The van der Waals surface area contributed by atoms with Crippen LogP contribution in [0.1, 0.15) is 12.5 Å². The second kappa shape index (κ2) is 4.56. The second-order valence-electron chi connectivity index (χ2n) is 3.15. The quantitative estimate of drug-likeness (QED) is 0.672. The van der Waals surface area contributed by atoms with E-state index in [2.05, 4.69) is 21.2 Å². The molecule has 1 aromatic rings. The summed E-state index contributed by atoms with van der Waals surface area (Å²) in [6.45, 7) is 2.68. The molecule has 0 bridgehead atoms. The molecule has 7 heteroatoms. The lowest BCUT2D eigenvalue weighted by atomic mass is 10.2. The SMILES string of the molecule is CC(=O)Nc1c(F)cc(C)c(Br)c1[N+](=O)[O-]. The van der Waals surface area contributed by atoms with Gasteiger partial charge in [0, 0.05) is 6.92 Å². The van der Waals surface area contributed by atoms with Gasteiger partial charge in [0.1, 0.15) is 4.47 Å². The molecule has 1 N–H and O–H groups in total. The summed E-state index contributed by atoms with van der Waals surface area (Å²) in [4.78, 5) is 20.9. The molecule has 0 radical (unpaired) electrons. The van der Waals surface area contributed by atoms with Crippen molar-refractivity contribution in [1.29, 1.82) is 0 Å². The Labute approximate surface area is 98.9 Å². The minimum absolute atomic E-state index is 0.155. The first-order valence-corrected chi connectivity index (χ1v) is 5.04. The van der Waals surface area contributed by atoms with Crippen molar-refractivity contribution in [2.45, 2.75) is 13.8 Å². The summed E-state index contributed by atoms with van der Waals surface area (Å²) < 4.78 is 13.6. The molecule has 0 saturated heterocycles. The highest BCUT2D eigenvalue weighted by atomic mass is 79.9. The van der Waals surface area contributed by atoms with Gasteiger partial charge in [0.2, 0.25) is 5.91 Å². The van der Waals surface area contributed by atoms with Crippen LogP contribution in [0.2, 0.25) is 0 Å². The first-order chi connectivity index (χ1) is 7.34. The van der Waals surface area contributed by atoms with Crippen LogP contribution in [0, 0.1) is 22.9 Å². The van der Waals surface area contributed by atoms with E-state index in [1.54, 1.807) is 0 Å². The molecule has 1 aromatic carbocycles.